The predicted octanol–water partition coefficient (Wildman–Crippen LogP) is 2.86. The highest BCUT2D eigenvalue weighted by atomic mass is 19.1. The minimum absolute atomic E-state index is 0.0700. The lowest BCUT2D eigenvalue weighted by Gasteiger charge is -2.18. The second-order valence-corrected chi connectivity index (χ2v) is 4.72. The number of rotatable bonds is 2. The number of hydrogen-bond donors (Lipinski definition) is 1. The van der Waals surface area contributed by atoms with Crippen LogP contribution in [0.25, 0.3) is 0 Å². The zero-order valence-electron chi connectivity index (χ0n) is 11.7. The first-order chi connectivity index (χ1) is 9.93. The fourth-order valence-corrected chi connectivity index (χ4v) is 2.01. The lowest BCUT2D eigenvalue weighted by Crippen LogP contribution is -2.27. The van der Waals surface area contributed by atoms with Gasteiger partial charge >= 0.3 is 0 Å². The van der Waals surface area contributed by atoms with Gasteiger partial charge in [0.15, 0.2) is 0 Å². The largest absolute Gasteiger partial charge is 0.399 e. The Kier molecular flexibility index (Phi) is 3.90. The first-order valence-corrected chi connectivity index (χ1v) is 6.28. The Hall–Kier alpha value is -2.87. The van der Waals surface area contributed by atoms with Crippen LogP contribution < -0.4 is 10.6 Å². The maximum atomic E-state index is 14.1. The summed E-state index contributed by atoms with van der Waals surface area (Å²) in [5.74, 6) is -1.07. The maximum Gasteiger partial charge on any atom is 0.261 e. The Morgan fingerprint density at radius 2 is 1.90 bits per heavy atom. The summed E-state index contributed by atoms with van der Waals surface area (Å²) in [5, 5.41) is 8.76. The lowest BCUT2D eigenvalue weighted by molar-refractivity contribution is 0.0989. The molecule has 0 unspecified atom stereocenters. The van der Waals surface area contributed by atoms with Gasteiger partial charge in [-0.05, 0) is 48.9 Å². The molecule has 0 fully saturated rings. The quantitative estimate of drug-likeness (QED) is 0.861. The van der Waals surface area contributed by atoms with Crippen LogP contribution in [-0.2, 0) is 0 Å². The minimum atomic E-state index is -0.574. The number of anilines is 2. The molecule has 0 aliphatic heterocycles. The highest BCUT2D eigenvalue weighted by Gasteiger charge is 2.19. The number of aryl methyl sites for hydroxylation is 1. The van der Waals surface area contributed by atoms with Crippen molar-refractivity contribution in [3.63, 3.8) is 0 Å². The van der Waals surface area contributed by atoms with Crippen molar-refractivity contribution in [2.75, 3.05) is 17.7 Å². The van der Waals surface area contributed by atoms with Gasteiger partial charge in [-0.3, -0.25) is 4.79 Å². The molecule has 2 N–H and O–H groups in total. The van der Waals surface area contributed by atoms with Crippen LogP contribution in [-0.4, -0.2) is 13.0 Å². The summed E-state index contributed by atoms with van der Waals surface area (Å²) in [4.78, 5) is 13.7. The SMILES string of the molecule is Cc1cc(N)cc(C(=O)N(C)c2ccc(C#N)cc2)c1F. The van der Waals surface area contributed by atoms with Gasteiger partial charge in [-0.2, -0.15) is 5.26 Å². The summed E-state index contributed by atoms with van der Waals surface area (Å²) in [6.45, 7) is 1.56. The number of nitrogens with two attached hydrogens (primary N) is 1. The van der Waals surface area contributed by atoms with Gasteiger partial charge in [0, 0.05) is 18.4 Å². The van der Waals surface area contributed by atoms with Crippen molar-refractivity contribution in [3.05, 3.63) is 58.9 Å². The molecule has 0 radical (unpaired) electrons. The maximum absolute atomic E-state index is 14.1. The third-order valence-corrected chi connectivity index (χ3v) is 3.20. The normalized spacial score (nSPS) is 10.0. The Morgan fingerprint density at radius 3 is 2.48 bits per heavy atom. The van der Waals surface area contributed by atoms with Crippen LogP contribution in [0.3, 0.4) is 0 Å². The van der Waals surface area contributed by atoms with Crippen molar-refractivity contribution in [2.24, 2.45) is 0 Å². The fourth-order valence-electron chi connectivity index (χ4n) is 2.01. The molecular formula is C16H14FN3O. The molecule has 0 aliphatic rings. The topological polar surface area (TPSA) is 70.1 Å². The smallest absolute Gasteiger partial charge is 0.261 e. The average molecular weight is 283 g/mol. The number of nitrogens with zero attached hydrogens (tertiary/aromatic N) is 2. The van der Waals surface area contributed by atoms with E-state index in [0.717, 1.165) is 0 Å². The summed E-state index contributed by atoms with van der Waals surface area (Å²) in [7, 11) is 1.54. The standard InChI is InChI=1S/C16H14FN3O/c1-10-7-12(19)8-14(15(10)17)16(21)20(2)13-5-3-11(9-18)4-6-13/h3-8H,19H2,1-2H3. The molecule has 0 heterocycles. The van der Waals surface area contributed by atoms with Gasteiger partial charge < -0.3 is 10.6 Å². The molecule has 2 rings (SSSR count). The fraction of sp³-hybridized carbons (Fsp3) is 0.125. The molecule has 106 valence electrons. The minimum Gasteiger partial charge on any atom is -0.399 e. The van der Waals surface area contributed by atoms with E-state index in [2.05, 4.69) is 0 Å². The van der Waals surface area contributed by atoms with Crippen molar-refractivity contribution in [2.45, 2.75) is 6.92 Å². The molecule has 0 aromatic heterocycles. The number of benzene rings is 2. The summed E-state index contributed by atoms with van der Waals surface area (Å²) in [5.41, 5.74) is 7.32. The number of hydrogen-bond acceptors (Lipinski definition) is 3. The number of nitriles is 1. The van der Waals surface area contributed by atoms with Crippen LogP contribution in [0.2, 0.25) is 0 Å². The van der Waals surface area contributed by atoms with Crippen LogP contribution in [0, 0.1) is 24.1 Å². The summed E-state index contributed by atoms with van der Waals surface area (Å²) in [6, 6.07) is 11.3. The van der Waals surface area contributed by atoms with Crippen LogP contribution in [0.4, 0.5) is 15.8 Å². The van der Waals surface area contributed by atoms with Crippen molar-refractivity contribution in [1.82, 2.24) is 0 Å². The highest BCUT2D eigenvalue weighted by molar-refractivity contribution is 6.06. The van der Waals surface area contributed by atoms with Crippen molar-refractivity contribution in [3.8, 4) is 6.07 Å². The molecule has 2 aromatic rings. The van der Waals surface area contributed by atoms with E-state index >= 15 is 0 Å². The lowest BCUT2D eigenvalue weighted by atomic mass is 10.1. The Bertz CT molecular complexity index is 732. The van der Waals surface area contributed by atoms with Gasteiger partial charge in [-0.25, -0.2) is 4.39 Å². The molecule has 0 saturated carbocycles. The average Bonchev–Trinajstić information content (AvgIpc) is 2.49. The molecule has 2 aromatic carbocycles. The van der Waals surface area contributed by atoms with E-state index < -0.39 is 11.7 Å². The molecular weight excluding hydrogens is 269 g/mol. The molecule has 0 atom stereocenters. The second-order valence-electron chi connectivity index (χ2n) is 4.72. The second kappa shape index (κ2) is 5.63. The van der Waals surface area contributed by atoms with Gasteiger partial charge in [0.2, 0.25) is 0 Å². The monoisotopic (exact) mass is 283 g/mol. The van der Waals surface area contributed by atoms with Crippen LogP contribution in [0.15, 0.2) is 36.4 Å². The Balaban J connectivity index is 2.37. The first-order valence-electron chi connectivity index (χ1n) is 6.28. The zero-order valence-corrected chi connectivity index (χ0v) is 11.7. The number of carbonyl (C=O) groups is 1. The van der Waals surface area contributed by atoms with Gasteiger partial charge in [0.25, 0.3) is 5.91 Å². The number of amides is 1. The van der Waals surface area contributed by atoms with Crippen molar-refractivity contribution in [1.29, 1.82) is 5.26 Å². The van der Waals surface area contributed by atoms with Crippen LogP contribution in [0.5, 0.6) is 0 Å². The van der Waals surface area contributed by atoms with Gasteiger partial charge in [-0.15, -0.1) is 0 Å². The van der Waals surface area contributed by atoms with Crippen molar-refractivity contribution >= 4 is 17.3 Å². The number of nitrogen functional groups attached to an aromatic ring is 1. The van der Waals surface area contributed by atoms with E-state index in [1.807, 2.05) is 6.07 Å². The highest BCUT2D eigenvalue weighted by Crippen LogP contribution is 2.21. The summed E-state index contributed by atoms with van der Waals surface area (Å²) >= 11 is 0. The number of carbonyl (C=O) groups excluding carboxylic acids is 1. The van der Waals surface area contributed by atoms with E-state index in [0.29, 0.717) is 22.5 Å². The van der Waals surface area contributed by atoms with Gasteiger partial charge in [-0.1, -0.05) is 0 Å². The number of halogens is 1. The molecule has 5 heteroatoms. The Labute approximate surface area is 122 Å². The van der Waals surface area contributed by atoms with Crippen LogP contribution >= 0.6 is 0 Å². The molecule has 21 heavy (non-hydrogen) atoms. The summed E-state index contributed by atoms with van der Waals surface area (Å²) < 4.78 is 14.1. The molecule has 0 aliphatic carbocycles. The third kappa shape index (κ3) is 2.84. The third-order valence-electron chi connectivity index (χ3n) is 3.20. The van der Waals surface area contributed by atoms with E-state index in [9.17, 15) is 9.18 Å². The van der Waals surface area contributed by atoms with Crippen LogP contribution in [0.1, 0.15) is 21.5 Å². The van der Waals surface area contributed by atoms with E-state index in [1.165, 1.54) is 17.0 Å². The molecule has 1 amide bonds. The van der Waals surface area contributed by atoms with Gasteiger partial charge in [0.1, 0.15) is 5.82 Å². The Morgan fingerprint density at radius 1 is 1.29 bits per heavy atom. The zero-order chi connectivity index (χ0) is 15.6. The van der Waals surface area contributed by atoms with E-state index in [1.54, 1.807) is 38.2 Å². The predicted molar refractivity (Wildman–Crippen MR) is 79.4 cm³/mol. The first kappa shape index (κ1) is 14.5. The van der Waals surface area contributed by atoms with E-state index in [4.69, 9.17) is 11.0 Å². The molecule has 0 bridgehead atoms. The summed E-state index contributed by atoms with van der Waals surface area (Å²) in [6.07, 6.45) is 0. The molecule has 4 nitrogen and oxygen atoms in total. The molecule has 0 saturated heterocycles. The molecule has 0 spiro atoms. The van der Waals surface area contributed by atoms with E-state index in [-0.39, 0.29) is 5.56 Å². The van der Waals surface area contributed by atoms with Crippen molar-refractivity contribution < 1.29 is 9.18 Å². The van der Waals surface area contributed by atoms with Gasteiger partial charge in [0.05, 0.1) is 17.2 Å².